The van der Waals surface area contributed by atoms with Crippen LogP contribution in [0.4, 0.5) is 17.3 Å². The lowest BCUT2D eigenvalue weighted by Crippen LogP contribution is -2.44. The van der Waals surface area contributed by atoms with E-state index >= 15 is 0 Å². The Bertz CT molecular complexity index is 1950. The second-order valence-corrected chi connectivity index (χ2v) is 10.5. The van der Waals surface area contributed by atoms with E-state index in [1.165, 1.54) is 5.69 Å². The van der Waals surface area contributed by atoms with Crippen molar-refractivity contribution in [1.82, 2.24) is 28.8 Å². The zero-order valence-corrected chi connectivity index (χ0v) is 22.8. The summed E-state index contributed by atoms with van der Waals surface area (Å²) < 4.78 is 3.66. The molecule has 3 aromatic carbocycles. The third kappa shape index (κ3) is 3.97. The van der Waals surface area contributed by atoms with Crippen LogP contribution in [-0.4, -0.2) is 62.0 Å². The summed E-state index contributed by atoms with van der Waals surface area (Å²) in [6.07, 6.45) is 1.62. The van der Waals surface area contributed by atoms with Crippen molar-refractivity contribution >= 4 is 45.2 Å². The van der Waals surface area contributed by atoms with Gasteiger partial charge in [0, 0.05) is 43.8 Å². The second-order valence-electron chi connectivity index (χ2n) is 10.5. The van der Waals surface area contributed by atoms with Crippen molar-refractivity contribution in [3.8, 4) is 5.69 Å². The lowest BCUT2D eigenvalue weighted by Gasteiger charge is -2.34. The van der Waals surface area contributed by atoms with Gasteiger partial charge in [-0.25, -0.2) is 14.5 Å². The fourth-order valence-electron chi connectivity index (χ4n) is 5.67. The molecule has 0 bridgehead atoms. The number of fused-ring (bicyclic) bond motifs is 5. The molecule has 0 amide bonds. The molecule has 7 rings (SSSR count). The number of hydrogen-bond donors (Lipinski definition) is 1. The summed E-state index contributed by atoms with van der Waals surface area (Å²) in [7, 11) is 2.16. The number of rotatable bonds is 4. The van der Waals surface area contributed by atoms with Crippen molar-refractivity contribution in [3.63, 3.8) is 0 Å². The summed E-state index contributed by atoms with van der Waals surface area (Å²) in [5.74, 6) is 0.948. The molecule has 0 unspecified atom stereocenters. The highest BCUT2D eigenvalue weighted by molar-refractivity contribution is 5.88. The first-order chi connectivity index (χ1) is 19.5. The van der Waals surface area contributed by atoms with E-state index in [4.69, 9.17) is 9.97 Å². The highest BCUT2D eigenvalue weighted by Gasteiger charge is 2.21. The highest BCUT2D eigenvalue weighted by Crippen LogP contribution is 2.27. The van der Waals surface area contributed by atoms with Gasteiger partial charge in [0.15, 0.2) is 5.65 Å². The van der Waals surface area contributed by atoms with Crippen LogP contribution in [0.1, 0.15) is 11.1 Å². The average molecular weight is 531 g/mol. The predicted molar refractivity (Wildman–Crippen MR) is 160 cm³/mol. The third-order valence-electron chi connectivity index (χ3n) is 7.79. The summed E-state index contributed by atoms with van der Waals surface area (Å²) in [6, 6.07) is 22.2. The summed E-state index contributed by atoms with van der Waals surface area (Å²) in [5.41, 5.74) is 6.88. The predicted octanol–water partition coefficient (Wildman–Crippen LogP) is 4.69. The van der Waals surface area contributed by atoms with Crippen LogP contribution in [0.15, 0.2) is 77.7 Å². The zero-order valence-electron chi connectivity index (χ0n) is 22.8. The minimum atomic E-state index is -0.196. The molecule has 4 heterocycles. The topological polar surface area (TPSA) is 83.6 Å². The molecule has 0 radical (unpaired) electrons. The number of anilines is 3. The number of imidazole rings is 1. The Labute approximate surface area is 231 Å². The molecule has 3 aromatic heterocycles. The fraction of sp³-hybridized carbons (Fsp3) is 0.226. The van der Waals surface area contributed by atoms with Gasteiger partial charge in [-0.2, -0.15) is 4.98 Å². The highest BCUT2D eigenvalue weighted by atomic mass is 16.1. The molecule has 0 saturated carbocycles. The number of likely N-dealkylation sites (N-methyl/N-ethyl adjacent to an activating group) is 1. The monoisotopic (exact) mass is 530 g/mol. The van der Waals surface area contributed by atoms with Gasteiger partial charge in [-0.15, -0.1) is 0 Å². The maximum atomic E-state index is 14.0. The molecule has 1 fully saturated rings. The van der Waals surface area contributed by atoms with Gasteiger partial charge in [-0.3, -0.25) is 9.20 Å². The van der Waals surface area contributed by atoms with Crippen LogP contribution in [0.2, 0.25) is 0 Å². The van der Waals surface area contributed by atoms with Crippen LogP contribution in [-0.2, 0) is 0 Å². The number of hydrogen-bond acceptors (Lipinski definition) is 7. The molecule has 1 aliphatic rings. The maximum Gasteiger partial charge on any atom is 0.270 e. The number of nitrogens with zero attached hydrogens (tertiary/aromatic N) is 7. The molecule has 1 aliphatic heterocycles. The van der Waals surface area contributed by atoms with Gasteiger partial charge >= 0.3 is 0 Å². The Hall–Kier alpha value is -4.76. The van der Waals surface area contributed by atoms with E-state index in [0.29, 0.717) is 22.8 Å². The van der Waals surface area contributed by atoms with Gasteiger partial charge in [0.2, 0.25) is 11.7 Å². The molecule has 1 N–H and O–H groups in total. The number of benzene rings is 3. The van der Waals surface area contributed by atoms with Crippen molar-refractivity contribution in [2.45, 2.75) is 13.8 Å². The quantitative estimate of drug-likeness (QED) is 0.354. The third-order valence-corrected chi connectivity index (χ3v) is 7.79. The molecule has 40 heavy (non-hydrogen) atoms. The lowest BCUT2D eigenvalue weighted by molar-refractivity contribution is 0.313. The van der Waals surface area contributed by atoms with Crippen molar-refractivity contribution in [1.29, 1.82) is 0 Å². The van der Waals surface area contributed by atoms with Gasteiger partial charge in [0.05, 0.1) is 16.7 Å². The van der Waals surface area contributed by atoms with E-state index in [0.717, 1.165) is 59.7 Å². The zero-order chi connectivity index (χ0) is 27.4. The molecule has 0 spiro atoms. The molecule has 9 heteroatoms. The SMILES string of the molecule is Cc1cccc(C)c1-n1c(=O)c2cnc(Nc3cccc(N4CCN(C)CC4)c3)nc2n2c3ccccc3nc12. The first kappa shape index (κ1) is 24.3. The largest absolute Gasteiger partial charge is 0.369 e. The summed E-state index contributed by atoms with van der Waals surface area (Å²) in [6.45, 7) is 8.09. The number of para-hydroxylation sites is 3. The first-order valence-electron chi connectivity index (χ1n) is 13.5. The molecule has 6 aromatic rings. The van der Waals surface area contributed by atoms with Crippen LogP contribution in [0.3, 0.4) is 0 Å². The van der Waals surface area contributed by atoms with Crippen LogP contribution in [0.25, 0.3) is 33.5 Å². The van der Waals surface area contributed by atoms with E-state index in [9.17, 15) is 4.79 Å². The van der Waals surface area contributed by atoms with Gasteiger partial charge in [0.1, 0.15) is 5.39 Å². The summed E-state index contributed by atoms with van der Waals surface area (Å²) in [5, 5.41) is 3.80. The first-order valence-corrected chi connectivity index (χ1v) is 13.5. The van der Waals surface area contributed by atoms with Crippen LogP contribution >= 0.6 is 0 Å². The van der Waals surface area contributed by atoms with E-state index in [1.807, 2.05) is 72.8 Å². The average Bonchev–Trinajstić information content (AvgIpc) is 3.34. The Balaban J connectivity index is 1.39. The molecule has 9 nitrogen and oxygen atoms in total. The fourth-order valence-corrected chi connectivity index (χ4v) is 5.67. The van der Waals surface area contributed by atoms with Gasteiger partial charge in [0.25, 0.3) is 5.56 Å². The van der Waals surface area contributed by atoms with Crippen LogP contribution in [0.5, 0.6) is 0 Å². The van der Waals surface area contributed by atoms with Gasteiger partial charge < -0.3 is 15.1 Å². The van der Waals surface area contributed by atoms with E-state index in [2.05, 4.69) is 39.3 Å². The summed E-state index contributed by atoms with van der Waals surface area (Å²) >= 11 is 0. The summed E-state index contributed by atoms with van der Waals surface area (Å²) in [4.78, 5) is 33.1. The van der Waals surface area contributed by atoms with E-state index < -0.39 is 0 Å². The Kier molecular flexibility index (Phi) is 5.74. The second kappa shape index (κ2) is 9.46. The molecule has 1 saturated heterocycles. The van der Waals surface area contributed by atoms with Gasteiger partial charge in [-0.1, -0.05) is 36.4 Å². The molecule has 0 atom stereocenters. The van der Waals surface area contributed by atoms with Crippen molar-refractivity contribution in [2.75, 3.05) is 43.4 Å². The molecular formula is C31H30N8O. The normalized spacial score (nSPS) is 14.4. The molecule has 0 aliphatic carbocycles. The van der Waals surface area contributed by atoms with Crippen LogP contribution in [0, 0.1) is 13.8 Å². The maximum absolute atomic E-state index is 14.0. The minimum absolute atomic E-state index is 0.196. The Morgan fingerprint density at radius 2 is 1.60 bits per heavy atom. The van der Waals surface area contributed by atoms with E-state index in [1.54, 1.807) is 10.8 Å². The number of nitrogens with one attached hydrogen (secondary N) is 1. The minimum Gasteiger partial charge on any atom is -0.369 e. The number of aromatic nitrogens is 5. The lowest BCUT2D eigenvalue weighted by atomic mass is 10.1. The van der Waals surface area contributed by atoms with Crippen molar-refractivity contribution in [3.05, 3.63) is 94.4 Å². The van der Waals surface area contributed by atoms with Crippen LogP contribution < -0.4 is 15.8 Å². The Morgan fingerprint density at radius 1 is 0.850 bits per heavy atom. The van der Waals surface area contributed by atoms with Gasteiger partial charge in [-0.05, 0) is 62.4 Å². The Morgan fingerprint density at radius 3 is 2.40 bits per heavy atom. The number of piperazine rings is 1. The van der Waals surface area contributed by atoms with Crippen molar-refractivity contribution in [2.24, 2.45) is 0 Å². The standard InChI is InChI=1S/C31H30N8O/c1-20-8-6-9-21(2)27(20)39-29(40)24-19-32-30(35-28(24)38-26-13-5-4-12-25(26)34-31(38)39)33-22-10-7-11-23(18-22)37-16-14-36(3)15-17-37/h4-13,18-19H,14-17H2,1-3H3,(H,32,33,35). The smallest absolute Gasteiger partial charge is 0.270 e. The molecular weight excluding hydrogens is 500 g/mol. The molecule has 200 valence electrons. The van der Waals surface area contributed by atoms with Crippen molar-refractivity contribution < 1.29 is 0 Å². The number of aryl methyl sites for hydroxylation is 2. The van der Waals surface area contributed by atoms with E-state index in [-0.39, 0.29) is 5.56 Å².